The Morgan fingerprint density at radius 2 is 1.88 bits per heavy atom. The van der Waals surface area contributed by atoms with E-state index in [0.717, 1.165) is 39.0 Å². The van der Waals surface area contributed by atoms with Crippen LogP contribution in [0.3, 0.4) is 0 Å². The lowest BCUT2D eigenvalue weighted by molar-refractivity contribution is 0.415. The van der Waals surface area contributed by atoms with Gasteiger partial charge in [0.2, 0.25) is 0 Å². The Morgan fingerprint density at radius 3 is 2.62 bits per heavy atom. The molecule has 0 amide bonds. The van der Waals surface area contributed by atoms with Gasteiger partial charge in [0.05, 0.1) is 17.7 Å². The van der Waals surface area contributed by atoms with E-state index in [1.807, 2.05) is 60.0 Å². The second kappa shape index (κ2) is 6.29. The SMILES string of the molecule is COc1ccc2c(c1)C(c1cccs1)=NNC(c1ccccc1)=N2. The van der Waals surface area contributed by atoms with Crippen LogP contribution in [0.2, 0.25) is 0 Å². The average molecular weight is 333 g/mol. The Bertz CT molecular complexity index is 915. The number of thiophene rings is 1. The Balaban J connectivity index is 1.89. The van der Waals surface area contributed by atoms with Gasteiger partial charge in [0.25, 0.3) is 0 Å². The molecule has 0 fully saturated rings. The molecule has 0 bridgehead atoms. The number of rotatable bonds is 3. The number of benzene rings is 2. The van der Waals surface area contributed by atoms with Crippen LogP contribution in [0.1, 0.15) is 16.0 Å². The number of hydrazone groups is 1. The van der Waals surface area contributed by atoms with E-state index in [0.29, 0.717) is 0 Å². The molecule has 1 aliphatic heterocycles. The number of fused-ring (bicyclic) bond motifs is 1. The Hall–Kier alpha value is -2.92. The predicted molar refractivity (Wildman–Crippen MR) is 98.7 cm³/mol. The lowest BCUT2D eigenvalue weighted by atomic mass is 10.1. The molecule has 24 heavy (non-hydrogen) atoms. The van der Waals surface area contributed by atoms with Crippen LogP contribution in [0.15, 0.2) is 76.1 Å². The van der Waals surface area contributed by atoms with Crippen molar-refractivity contribution < 1.29 is 4.74 Å². The fourth-order valence-corrected chi connectivity index (χ4v) is 3.30. The van der Waals surface area contributed by atoms with Crippen molar-refractivity contribution in [1.29, 1.82) is 0 Å². The molecule has 3 aromatic rings. The maximum Gasteiger partial charge on any atom is 0.154 e. The van der Waals surface area contributed by atoms with E-state index < -0.39 is 0 Å². The highest BCUT2D eigenvalue weighted by Crippen LogP contribution is 2.30. The van der Waals surface area contributed by atoms with Gasteiger partial charge in [0.1, 0.15) is 11.5 Å². The van der Waals surface area contributed by atoms with E-state index in [1.165, 1.54) is 0 Å². The fraction of sp³-hybridized carbons (Fsp3) is 0.0526. The summed E-state index contributed by atoms with van der Waals surface area (Å²) < 4.78 is 5.38. The minimum absolute atomic E-state index is 0.730. The third-order valence-electron chi connectivity index (χ3n) is 3.77. The van der Waals surface area contributed by atoms with Gasteiger partial charge in [0.15, 0.2) is 5.84 Å². The van der Waals surface area contributed by atoms with Crippen LogP contribution >= 0.6 is 11.3 Å². The second-order valence-electron chi connectivity index (χ2n) is 5.26. The van der Waals surface area contributed by atoms with Gasteiger partial charge in [-0.05, 0) is 29.6 Å². The number of aliphatic imine (C=N–C) groups is 1. The zero-order valence-electron chi connectivity index (χ0n) is 13.1. The Morgan fingerprint density at radius 1 is 1.00 bits per heavy atom. The van der Waals surface area contributed by atoms with Crippen LogP contribution in [-0.2, 0) is 0 Å². The van der Waals surface area contributed by atoms with Crippen LogP contribution in [0.4, 0.5) is 5.69 Å². The summed E-state index contributed by atoms with van der Waals surface area (Å²) in [7, 11) is 1.66. The molecule has 1 aromatic heterocycles. The summed E-state index contributed by atoms with van der Waals surface area (Å²) in [5.41, 5.74) is 6.81. The van der Waals surface area contributed by atoms with Crippen molar-refractivity contribution in [2.24, 2.45) is 10.1 Å². The van der Waals surface area contributed by atoms with E-state index in [1.54, 1.807) is 18.4 Å². The summed E-state index contributed by atoms with van der Waals surface area (Å²) >= 11 is 1.65. The largest absolute Gasteiger partial charge is 0.497 e. The van der Waals surface area contributed by atoms with Gasteiger partial charge in [-0.2, -0.15) is 5.10 Å². The standard InChI is InChI=1S/C19H15N3OS/c1-23-14-9-10-16-15(12-14)18(17-8-5-11-24-17)21-22-19(20-16)13-6-3-2-4-7-13/h2-12H,1H3,(H,20,22). The molecule has 1 N–H and O–H groups in total. The maximum atomic E-state index is 5.38. The first kappa shape index (κ1) is 14.7. The summed E-state index contributed by atoms with van der Waals surface area (Å²) in [5.74, 6) is 1.52. The van der Waals surface area contributed by atoms with E-state index in [-0.39, 0.29) is 0 Å². The average Bonchev–Trinajstić information content (AvgIpc) is 3.10. The molecule has 1 aliphatic rings. The molecular formula is C19H15N3OS. The first-order valence-corrected chi connectivity index (χ1v) is 8.43. The number of methoxy groups -OCH3 is 1. The van der Waals surface area contributed by atoms with Crippen molar-refractivity contribution >= 4 is 28.6 Å². The minimum Gasteiger partial charge on any atom is -0.497 e. The van der Waals surface area contributed by atoms with Crippen LogP contribution in [0, 0.1) is 0 Å². The predicted octanol–water partition coefficient (Wildman–Crippen LogP) is 4.19. The molecule has 5 heteroatoms. The van der Waals surface area contributed by atoms with Gasteiger partial charge in [-0.15, -0.1) is 11.3 Å². The van der Waals surface area contributed by atoms with Crippen molar-refractivity contribution in [3.8, 4) is 5.75 Å². The normalized spacial score (nSPS) is 13.2. The van der Waals surface area contributed by atoms with Gasteiger partial charge in [-0.25, -0.2) is 4.99 Å². The third-order valence-corrected chi connectivity index (χ3v) is 4.64. The number of amidine groups is 1. The van der Waals surface area contributed by atoms with Crippen LogP contribution in [-0.4, -0.2) is 18.7 Å². The van der Waals surface area contributed by atoms with E-state index in [4.69, 9.17) is 9.73 Å². The monoisotopic (exact) mass is 333 g/mol. The molecule has 4 nitrogen and oxygen atoms in total. The third kappa shape index (κ3) is 2.70. The van der Waals surface area contributed by atoms with Gasteiger partial charge >= 0.3 is 0 Å². The molecular weight excluding hydrogens is 318 g/mol. The highest BCUT2D eigenvalue weighted by atomic mass is 32.1. The molecule has 4 rings (SSSR count). The zero-order chi connectivity index (χ0) is 16.4. The maximum absolute atomic E-state index is 5.38. The number of nitrogens with one attached hydrogen (secondary N) is 1. The Kier molecular flexibility index (Phi) is 3.84. The molecule has 2 heterocycles. The summed E-state index contributed by atoms with van der Waals surface area (Å²) in [6, 6.07) is 19.9. The summed E-state index contributed by atoms with van der Waals surface area (Å²) in [4.78, 5) is 5.87. The van der Waals surface area contributed by atoms with Crippen molar-refractivity contribution in [3.63, 3.8) is 0 Å². The van der Waals surface area contributed by atoms with Crippen LogP contribution in [0.25, 0.3) is 0 Å². The quantitative estimate of drug-likeness (QED) is 0.781. The van der Waals surface area contributed by atoms with Crippen LogP contribution < -0.4 is 10.2 Å². The second-order valence-corrected chi connectivity index (χ2v) is 6.21. The highest BCUT2D eigenvalue weighted by Gasteiger charge is 2.18. The number of ether oxygens (including phenoxy) is 1. The first-order chi connectivity index (χ1) is 11.8. The van der Waals surface area contributed by atoms with Crippen molar-refractivity contribution in [1.82, 2.24) is 5.43 Å². The number of hydrogen-bond acceptors (Lipinski definition) is 5. The van der Waals surface area contributed by atoms with Gasteiger partial charge in [0, 0.05) is 11.1 Å². The summed E-state index contributed by atoms with van der Waals surface area (Å²) in [6.07, 6.45) is 0. The summed E-state index contributed by atoms with van der Waals surface area (Å²) in [6.45, 7) is 0. The molecule has 0 atom stereocenters. The molecule has 118 valence electrons. The summed E-state index contributed by atoms with van der Waals surface area (Å²) in [5, 5.41) is 6.67. The molecule has 0 saturated heterocycles. The van der Waals surface area contributed by atoms with Crippen molar-refractivity contribution in [3.05, 3.63) is 82.0 Å². The lowest BCUT2D eigenvalue weighted by Gasteiger charge is -2.07. The van der Waals surface area contributed by atoms with Gasteiger partial charge in [-0.1, -0.05) is 36.4 Å². The first-order valence-electron chi connectivity index (χ1n) is 7.55. The van der Waals surface area contributed by atoms with Crippen molar-refractivity contribution in [2.75, 3.05) is 7.11 Å². The smallest absolute Gasteiger partial charge is 0.154 e. The molecule has 0 aliphatic carbocycles. The molecule has 0 radical (unpaired) electrons. The highest BCUT2D eigenvalue weighted by molar-refractivity contribution is 7.12. The fourth-order valence-electron chi connectivity index (χ4n) is 2.57. The van der Waals surface area contributed by atoms with Crippen molar-refractivity contribution in [2.45, 2.75) is 0 Å². The topological polar surface area (TPSA) is 46.0 Å². The minimum atomic E-state index is 0.730. The molecule has 0 spiro atoms. The zero-order valence-corrected chi connectivity index (χ0v) is 13.9. The molecule has 2 aromatic carbocycles. The number of hydrogen-bond donors (Lipinski definition) is 1. The van der Waals surface area contributed by atoms with E-state index in [9.17, 15) is 0 Å². The Labute approximate surface area is 144 Å². The van der Waals surface area contributed by atoms with E-state index >= 15 is 0 Å². The molecule has 0 saturated carbocycles. The lowest BCUT2D eigenvalue weighted by Crippen LogP contribution is -2.19. The van der Waals surface area contributed by atoms with Gasteiger partial charge in [-0.3, -0.25) is 5.43 Å². The van der Waals surface area contributed by atoms with Crippen LogP contribution in [0.5, 0.6) is 5.75 Å². The van der Waals surface area contributed by atoms with Gasteiger partial charge < -0.3 is 4.74 Å². The molecule has 0 unspecified atom stereocenters. The van der Waals surface area contributed by atoms with E-state index in [2.05, 4.69) is 16.6 Å². The number of nitrogens with zero attached hydrogens (tertiary/aromatic N) is 2.